The zero-order valence-electron chi connectivity index (χ0n) is 8.47. The zero-order valence-corrected chi connectivity index (χ0v) is 8.47. The van der Waals surface area contributed by atoms with Gasteiger partial charge in [0.25, 0.3) is 17.5 Å². The summed E-state index contributed by atoms with van der Waals surface area (Å²) in [6.45, 7) is 1.86. The summed E-state index contributed by atoms with van der Waals surface area (Å²) in [5.74, 6) is -1.05. The molecular formula is C10H8N2O4. The number of nitro benzene ring substituents is 1. The highest BCUT2D eigenvalue weighted by molar-refractivity contribution is 6.23. The van der Waals surface area contributed by atoms with Gasteiger partial charge in [-0.05, 0) is 13.0 Å². The number of hydrogen-bond donors (Lipinski definition) is 0. The fourth-order valence-electron chi connectivity index (χ4n) is 1.76. The Hall–Kier alpha value is -2.24. The maximum absolute atomic E-state index is 11.8. The van der Waals surface area contributed by atoms with E-state index in [1.165, 1.54) is 18.2 Å². The van der Waals surface area contributed by atoms with Crippen LogP contribution >= 0.6 is 0 Å². The molecule has 1 aliphatic heterocycles. The smallest absolute Gasteiger partial charge is 0.274 e. The third-order valence-electron chi connectivity index (χ3n) is 2.49. The van der Waals surface area contributed by atoms with E-state index in [0.717, 1.165) is 4.90 Å². The molecule has 0 aromatic heterocycles. The fraction of sp³-hybridized carbons (Fsp3) is 0.200. The molecular weight excluding hydrogens is 212 g/mol. The predicted octanol–water partition coefficient (Wildman–Crippen LogP) is 1.21. The number of fused-ring (bicyclic) bond motifs is 1. The Morgan fingerprint density at radius 3 is 2.56 bits per heavy atom. The van der Waals surface area contributed by atoms with E-state index >= 15 is 0 Å². The Kier molecular flexibility index (Phi) is 2.19. The summed E-state index contributed by atoms with van der Waals surface area (Å²) in [5, 5.41) is 10.7. The molecule has 2 amide bonds. The van der Waals surface area contributed by atoms with Gasteiger partial charge in [-0.3, -0.25) is 24.6 Å². The van der Waals surface area contributed by atoms with Gasteiger partial charge >= 0.3 is 0 Å². The van der Waals surface area contributed by atoms with Crippen molar-refractivity contribution in [1.82, 2.24) is 4.90 Å². The zero-order chi connectivity index (χ0) is 11.9. The molecule has 0 atom stereocenters. The summed E-state index contributed by atoms with van der Waals surface area (Å²) < 4.78 is 0. The lowest BCUT2D eigenvalue weighted by molar-refractivity contribution is -0.385. The molecule has 0 saturated heterocycles. The van der Waals surface area contributed by atoms with Crippen LogP contribution in [0.5, 0.6) is 0 Å². The molecule has 1 aromatic rings. The molecule has 0 fully saturated rings. The quantitative estimate of drug-likeness (QED) is 0.426. The average Bonchev–Trinajstić information content (AvgIpc) is 2.51. The van der Waals surface area contributed by atoms with Gasteiger partial charge in [0.05, 0.1) is 10.5 Å². The molecule has 1 aromatic carbocycles. The molecule has 0 aliphatic carbocycles. The minimum Gasteiger partial charge on any atom is -0.274 e. The number of rotatable bonds is 2. The highest BCUT2D eigenvalue weighted by atomic mass is 16.6. The van der Waals surface area contributed by atoms with Crippen molar-refractivity contribution in [2.24, 2.45) is 0 Å². The lowest BCUT2D eigenvalue weighted by Crippen LogP contribution is -2.29. The van der Waals surface area contributed by atoms with Crippen LogP contribution in [0.4, 0.5) is 5.69 Å². The summed E-state index contributed by atoms with van der Waals surface area (Å²) >= 11 is 0. The van der Waals surface area contributed by atoms with Crippen LogP contribution in [-0.4, -0.2) is 28.2 Å². The van der Waals surface area contributed by atoms with Crippen LogP contribution in [0, 0.1) is 10.1 Å². The minimum atomic E-state index is -0.650. The Morgan fingerprint density at radius 2 is 2.00 bits per heavy atom. The topological polar surface area (TPSA) is 80.5 Å². The summed E-state index contributed by atoms with van der Waals surface area (Å²) in [4.78, 5) is 34.5. The highest BCUT2D eigenvalue weighted by Crippen LogP contribution is 2.30. The lowest BCUT2D eigenvalue weighted by atomic mass is 10.1. The second kappa shape index (κ2) is 3.41. The van der Waals surface area contributed by atoms with Crippen molar-refractivity contribution in [1.29, 1.82) is 0 Å². The van der Waals surface area contributed by atoms with Gasteiger partial charge < -0.3 is 0 Å². The number of nitrogens with zero attached hydrogens (tertiary/aromatic N) is 2. The van der Waals surface area contributed by atoms with E-state index in [0.29, 0.717) is 0 Å². The number of carbonyl (C=O) groups excluding carboxylic acids is 2. The van der Waals surface area contributed by atoms with Crippen LogP contribution in [0.15, 0.2) is 18.2 Å². The van der Waals surface area contributed by atoms with Gasteiger partial charge in [0.2, 0.25) is 0 Å². The average molecular weight is 220 g/mol. The molecule has 2 rings (SSSR count). The molecule has 0 saturated carbocycles. The number of amides is 2. The first-order valence-electron chi connectivity index (χ1n) is 4.71. The third-order valence-corrected chi connectivity index (χ3v) is 2.49. The van der Waals surface area contributed by atoms with E-state index in [2.05, 4.69) is 0 Å². The van der Waals surface area contributed by atoms with E-state index in [1.54, 1.807) is 6.92 Å². The molecule has 1 heterocycles. The van der Waals surface area contributed by atoms with Gasteiger partial charge in [-0.15, -0.1) is 0 Å². The highest BCUT2D eigenvalue weighted by Gasteiger charge is 2.39. The first kappa shape index (κ1) is 10.3. The Morgan fingerprint density at radius 1 is 1.31 bits per heavy atom. The second-order valence-corrected chi connectivity index (χ2v) is 3.31. The number of imide groups is 1. The van der Waals surface area contributed by atoms with E-state index in [-0.39, 0.29) is 23.4 Å². The van der Waals surface area contributed by atoms with Gasteiger partial charge in [-0.1, -0.05) is 6.07 Å². The lowest BCUT2D eigenvalue weighted by Gasteiger charge is -2.08. The predicted molar refractivity (Wildman–Crippen MR) is 54.1 cm³/mol. The largest absolute Gasteiger partial charge is 0.282 e. The maximum atomic E-state index is 11.8. The molecule has 6 heteroatoms. The summed E-state index contributed by atoms with van der Waals surface area (Å²) in [6.07, 6.45) is 0. The standard InChI is InChI=1S/C10H8N2O4/c1-2-11-9(13)6-4-3-5-7(12(15)16)8(6)10(11)14/h3-5H,2H2,1H3. The van der Waals surface area contributed by atoms with Crippen molar-refractivity contribution in [2.75, 3.05) is 6.54 Å². The van der Waals surface area contributed by atoms with Gasteiger partial charge in [-0.2, -0.15) is 0 Å². The molecule has 0 unspecified atom stereocenters. The van der Waals surface area contributed by atoms with Crippen molar-refractivity contribution >= 4 is 17.5 Å². The van der Waals surface area contributed by atoms with Crippen LogP contribution < -0.4 is 0 Å². The number of hydrogen-bond acceptors (Lipinski definition) is 4. The Balaban J connectivity index is 2.68. The third kappa shape index (κ3) is 1.19. The van der Waals surface area contributed by atoms with E-state index in [1.807, 2.05) is 0 Å². The summed E-state index contributed by atoms with van der Waals surface area (Å²) in [7, 11) is 0. The van der Waals surface area contributed by atoms with Crippen LogP contribution in [0.3, 0.4) is 0 Å². The molecule has 6 nitrogen and oxygen atoms in total. The van der Waals surface area contributed by atoms with Gasteiger partial charge in [-0.25, -0.2) is 0 Å². The van der Waals surface area contributed by atoms with Crippen LogP contribution in [-0.2, 0) is 0 Å². The summed E-state index contributed by atoms with van der Waals surface area (Å²) in [6, 6.07) is 4.06. The SMILES string of the molecule is CCN1C(=O)c2cccc([N+](=O)[O-])c2C1=O. The van der Waals surface area contributed by atoms with Crippen molar-refractivity contribution in [3.63, 3.8) is 0 Å². The number of benzene rings is 1. The van der Waals surface area contributed by atoms with E-state index in [4.69, 9.17) is 0 Å². The normalized spacial score (nSPS) is 14.2. The monoisotopic (exact) mass is 220 g/mol. The van der Waals surface area contributed by atoms with Gasteiger partial charge in [0.15, 0.2) is 0 Å². The first-order valence-corrected chi connectivity index (χ1v) is 4.71. The van der Waals surface area contributed by atoms with Crippen LogP contribution in [0.2, 0.25) is 0 Å². The fourth-order valence-corrected chi connectivity index (χ4v) is 1.76. The molecule has 82 valence electrons. The molecule has 16 heavy (non-hydrogen) atoms. The molecule has 0 radical (unpaired) electrons. The summed E-state index contributed by atoms with van der Waals surface area (Å²) in [5.41, 5.74) is -0.299. The molecule has 1 aliphatic rings. The maximum Gasteiger partial charge on any atom is 0.282 e. The van der Waals surface area contributed by atoms with Crippen molar-refractivity contribution < 1.29 is 14.5 Å². The van der Waals surface area contributed by atoms with E-state index < -0.39 is 16.7 Å². The Labute approximate surface area is 90.6 Å². The van der Waals surface area contributed by atoms with Gasteiger partial charge in [0.1, 0.15) is 5.56 Å². The minimum absolute atomic E-state index is 0.0978. The molecule has 0 bridgehead atoms. The Bertz CT molecular complexity index is 510. The van der Waals surface area contributed by atoms with Crippen molar-refractivity contribution in [3.05, 3.63) is 39.4 Å². The van der Waals surface area contributed by atoms with E-state index in [9.17, 15) is 19.7 Å². The second-order valence-electron chi connectivity index (χ2n) is 3.31. The van der Waals surface area contributed by atoms with Crippen LogP contribution in [0.1, 0.15) is 27.6 Å². The van der Waals surface area contributed by atoms with Crippen molar-refractivity contribution in [3.8, 4) is 0 Å². The first-order chi connectivity index (χ1) is 7.57. The molecule has 0 spiro atoms. The number of nitro groups is 1. The molecule has 0 N–H and O–H groups in total. The van der Waals surface area contributed by atoms with Gasteiger partial charge in [0, 0.05) is 12.6 Å². The number of carbonyl (C=O) groups is 2. The van der Waals surface area contributed by atoms with Crippen LogP contribution in [0.25, 0.3) is 0 Å². The van der Waals surface area contributed by atoms with Crippen molar-refractivity contribution in [2.45, 2.75) is 6.92 Å².